The van der Waals surface area contributed by atoms with Crippen LogP contribution in [-0.4, -0.2) is 48.1 Å². The van der Waals surface area contributed by atoms with E-state index in [4.69, 9.17) is 25.8 Å². The van der Waals surface area contributed by atoms with E-state index in [0.717, 1.165) is 10.4 Å². The van der Waals surface area contributed by atoms with Gasteiger partial charge in [-0.15, -0.1) is 17.9 Å². The number of thiophene rings is 1. The molecule has 0 radical (unpaired) electrons. The van der Waals surface area contributed by atoms with Crippen molar-refractivity contribution in [2.75, 3.05) is 26.5 Å². The van der Waals surface area contributed by atoms with E-state index in [-0.39, 0.29) is 38.3 Å². The first-order chi connectivity index (χ1) is 17.0. The number of benzene rings is 2. The Kier molecular flexibility index (Phi) is 8.28. The van der Waals surface area contributed by atoms with E-state index in [1.165, 1.54) is 4.90 Å². The molecule has 7 nitrogen and oxygen atoms in total. The number of carbonyl (C=O) groups excluding carboxylic acids is 2. The molecule has 0 saturated heterocycles. The van der Waals surface area contributed by atoms with E-state index in [1.807, 2.05) is 35.7 Å². The third kappa shape index (κ3) is 6.77. The van der Waals surface area contributed by atoms with Gasteiger partial charge in [-0.3, -0.25) is 9.59 Å². The highest BCUT2D eigenvalue weighted by Crippen LogP contribution is 2.33. The number of hydrogen-bond acceptors (Lipinski definition) is 6. The molecule has 182 valence electrons. The zero-order chi connectivity index (χ0) is 24.6. The lowest BCUT2D eigenvalue weighted by atomic mass is 10.2. The van der Waals surface area contributed by atoms with Crippen LogP contribution in [0.5, 0.6) is 17.2 Å². The Morgan fingerprint density at radius 2 is 1.83 bits per heavy atom. The van der Waals surface area contributed by atoms with Crippen LogP contribution in [0.25, 0.3) is 0 Å². The Hall–Kier alpha value is -3.49. The van der Waals surface area contributed by atoms with E-state index in [9.17, 15) is 9.59 Å². The molecule has 1 aliphatic rings. The van der Waals surface area contributed by atoms with Gasteiger partial charge in [0.15, 0.2) is 18.1 Å². The van der Waals surface area contributed by atoms with Crippen LogP contribution in [0.1, 0.15) is 10.4 Å². The molecule has 0 spiro atoms. The summed E-state index contributed by atoms with van der Waals surface area (Å²) in [4.78, 5) is 30.5. The number of ether oxygens (including phenoxy) is 3. The quantitative estimate of drug-likeness (QED) is 0.347. The van der Waals surface area contributed by atoms with E-state index in [2.05, 4.69) is 6.58 Å². The average Bonchev–Trinajstić information content (AvgIpc) is 3.54. The molecule has 2 aromatic carbocycles. The van der Waals surface area contributed by atoms with Crippen molar-refractivity contribution in [2.45, 2.75) is 13.1 Å². The molecule has 9 heteroatoms. The number of halogens is 1. The maximum atomic E-state index is 13.4. The molecule has 0 saturated carbocycles. The van der Waals surface area contributed by atoms with Gasteiger partial charge >= 0.3 is 0 Å². The van der Waals surface area contributed by atoms with E-state index < -0.39 is 0 Å². The van der Waals surface area contributed by atoms with Crippen LogP contribution in [0.4, 0.5) is 0 Å². The lowest BCUT2D eigenvalue weighted by Gasteiger charge is -2.27. The summed E-state index contributed by atoms with van der Waals surface area (Å²) in [5, 5.41) is 2.55. The van der Waals surface area contributed by atoms with E-state index in [1.54, 1.807) is 46.6 Å². The first kappa shape index (κ1) is 24.6. The monoisotopic (exact) mass is 512 g/mol. The second kappa shape index (κ2) is 11.8. The summed E-state index contributed by atoms with van der Waals surface area (Å²) in [5.41, 5.74) is 0.909. The van der Waals surface area contributed by atoms with Gasteiger partial charge in [-0.25, -0.2) is 0 Å². The minimum atomic E-state index is -0.313. The number of amides is 2. The van der Waals surface area contributed by atoms with Gasteiger partial charge in [-0.1, -0.05) is 29.8 Å². The molecule has 0 bridgehead atoms. The van der Waals surface area contributed by atoms with Crippen LogP contribution in [-0.2, 0) is 22.7 Å². The Labute approximate surface area is 213 Å². The van der Waals surface area contributed by atoms with Crippen LogP contribution in [0.3, 0.4) is 0 Å². The summed E-state index contributed by atoms with van der Waals surface area (Å²) in [6.07, 6.45) is 1.59. The Morgan fingerprint density at radius 3 is 2.57 bits per heavy atom. The molecule has 3 aromatic rings. The fourth-order valence-corrected chi connectivity index (χ4v) is 4.37. The predicted octanol–water partition coefficient (Wildman–Crippen LogP) is 4.75. The molecule has 0 fully saturated rings. The highest BCUT2D eigenvalue weighted by molar-refractivity contribution is 7.09. The van der Waals surface area contributed by atoms with Crippen molar-refractivity contribution < 1.29 is 23.8 Å². The van der Waals surface area contributed by atoms with Crippen LogP contribution < -0.4 is 14.2 Å². The Balaban J connectivity index is 1.44. The maximum absolute atomic E-state index is 13.4. The topological polar surface area (TPSA) is 68.3 Å². The van der Waals surface area contributed by atoms with Crippen molar-refractivity contribution in [1.29, 1.82) is 0 Å². The largest absolute Gasteiger partial charge is 0.484 e. The fourth-order valence-electron chi connectivity index (χ4n) is 3.52. The van der Waals surface area contributed by atoms with E-state index in [0.29, 0.717) is 35.4 Å². The molecular weight excluding hydrogens is 488 g/mol. The number of nitrogens with zero attached hydrogens (tertiary/aromatic N) is 2. The molecule has 1 aromatic heterocycles. The second-order valence-corrected chi connectivity index (χ2v) is 9.29. The number of hydrogen-bond donors (Lipinski definition) is 0. The van der Waals surface area contributed by atoms with Gasteiger partial charge in [0.2, 0.25) is 12.7 Å². The van der Waals surface area contributed by atoms with Crippen LogP contribution in [0, 0.1) is 0 Å². The smallest absolute Gasteiger partial charge is 0.261 e. The van der Waals surface area contributed by atoms with Gasteiger partial charge in [-0.05, 0) is 53.4 Å². The van der Waals surface area contributed by atoms with Crippen LogP contribution >= 0.6 is 22.9 Å². The van der Waals surface area contributed by atoms with Gasteiger partial charge in [0.25, 0.3) is 5.91 Å². The molecule has 0 aliphatic carbocycles. The summed E-state index contributed by atoms with van der Waals surface area (Å²) >= 11 is 7.47. The van der Waals surface area contributed by atoms with Crippen molar-refractivity contribution in [3.8, 4) is 17.2 Å². The molecule has 0 atom stereocenters. The summed E-state index contributed by atoms with van der Waals surface area (Å²) in [5.74, 6) is 1.38. The summed E-state index contributed by atoms with van der Waals surface area (Å²) in [6.45, 7) is 4.65. The fraction of sp³-hybridized carbons (Fsp3) is 0.231. The third-order valence-electron chi connectivity index (χ3n) is 5.29. The Morgan fingerprint density at radius 1 is 1.03 bits per heavy atom. The normalized spacial score (nSPS) is 11.7. The molecule has 0 N–H and O–H groups in total. The molecule has 4 rings (SSSR count). The lowest BCUT2D eigenvalue weighted by Crippen LogP contribution is -2.44. The summed E-state index contributed by atoms with van der Waals surface area (Å²) < 4.78 is 16.4. The SMILES string of the molecule is C=CCN(CC(=O)N(Cc1ccc2c(c1)OCO2)Cc1cccs1)C(=O)COc1ccc(Cl)cc1. The van der Waals surface area contributed by atoms with Gasteiger partial charge in [0.1, 0.15) is 12.3 Å². The van der Waals surface area contributed by atoms with Crippen molar-refractivity contribution >= 4 is 34.8 Å². The van der Waals surface area contributed by atoms with Crippen molar-refractivity contribution in [2.24, 2.45) is 0 Å². The predicted molar refractivity (Wildman–Crippen MR) is 135 cm³/mol. The number of carbonyl (C=O) groups is 2. The maximum Gasteiger partial charge on any atom is 0.261 e. The standard InChI is InChI=1S/C26H25ClN2O5S/c1-2-11-28(26(31)17-32-21-8-6-20(27)7-9-21)16-25(30)29(15-22-4-3-12-35-22)14-19-5-10-23-24(13-19)34-18-33-23/h2-10,12-13H,1,11,14-18H2. The molecule has 0 unspecified atom stereocenters. The summed E-state index contributed by atoms with van der Waals surface area (Å²) in [7, 11) is 0. The molecule has 1 aliphatic heterocycles. The molecule has 35 heavy (non-hydrogen) atoms. The summed E-state index contributed by atoms with van der Waals surface area (Å²) in [6, 6.07) is 16.3. The van der Waals surface area contributed by atoms with Crippen LogP contribution in [0.15, 0.2) is 72.6 Å². The minimum Gasteiger partial charge on any atom is -0.484 e. The lowest BCUT2D eigenvalue weighted by molar-refractivity contribution is -0.141. The van der Waals surface area contributed by atoms with Gasteiger partial charge in [-0.2, -0.15) is 0 Å². The zero-order valence-electron chi connectivity index (χ0n) is 19.0. The van der Waals surface area contributed by atoms with Gasteiger partial charge in [0, 0.05) is 23.0 Å². The van der Waals surface area contributed by atoms with Crippen molar-refractivity contribution in [1.82, 2.24) is 9.80 Å². The average molecular weight is 513 g/mol. The third-order valence-corrected chi connectivity index (χ3v) is 6.41. The molecular formula is C26H25ClN2O5S. The van der Waals surface area contributed by atoms with Crippen LogP contribution in [0.2, 0.25) is 5.02 Å². The Bertz CT molecular complexity index is 1170. The highest BCUT2D eigenvalue weighted by Gasteiger charge is 2.23. The highest BCUT2D eigenvalue weighted by atomic mass is 35.5. The number of fused-ring (bicyclic) bond motifs is 1. The van der Waals surface area contributed by atoms with Crippen molar-refractivity contribution in [3.05, 3.63) is 88.1 Å². The second-order valence-electron chi connectivity index (χ2n) is 7.82. The van der Waals surface area contributed by atoms with Crippen molar-refractivity contribution in [3.63, 3.8) is 0 Å². The van der Waals surface area contributed by atoms with E-state index >= 15 is 0 Å². The first-order valence-corrected chi connectivity index (χ1v) is 12.2. The zero-order valence-corrected chi connectivity index (χ0v) is 20.6. The molecule has 2 heterocycles. The van der Waals surface area contributed by atoms with Gasteiger partial charge in [0.05, 0.1) is 6.54 Å². The first-order valence-electron chi connectivity index (χ1n) is 11.0. The van der Waals surface area contributed by atoms with Gasteiger partial charge < -0.3 is 24.0 Å². The number of rotatable bonds is 11. The minimum absolute atomic E-state index is 0.0925. The molecule has 2 amide bonds.